The molecule has 68 valence electrons. The number of hydrogen-bond donors (Lipinski definition) is 2. The smallest absolute Gasteiger partial charge is 0.234 e. The van der Waals surface area contributed by atoms with Gasteiger partial charge >= 0.3 is 0 Å². The van der Waals surface area contributed by atoms with Crippen molar-refractivity contribution in [3.63, 3.8) is 0 Å². The van der Waals surface area contributed by atoms with Crippen LogP contribution in [0.4, 0.5) is 0 Å². The molecule has 0 rings (SSSR count). The monoisotopic (exact) mass is 170 g/mol. The number of amides is 1. The summed E-state index contributed by atoms with van der Waals surface area (Å²) in [5.74, 6) is -0.584. The van der Waals surface area contributed by atoms with Crippen LogP contribution in [0.2, 0.25) is 0 Å². The van der Waals surface area contributed by atoms with Gasteiger partial charge in [0.1, 0.15) is 0 Å². The van der Waals surface area contributed by atoms with Gasteiger partial charge in [-0.2, -0.15) is 0 Å². The van der Waals surface area contributed by atoms with E-state index in [0.29, 0.717) is 0 Å². The highest BCUT2D eigenvalue weighted by atomic mass is 16.2. The summed E-state index contributed by atoms with van der Waals surface area (Å²) in [6, 6.07) is 0. The number of nitrogens with two attached hydrogens (primary N) is 1. The lowest BCUT2D eigenvalue weighted by molar-refractivity contribution is -0.127. The Morgan fingerprint density at radius 1 is 1.58 bits per heavy atom. The van der Waals surface area contributed by atoms with Crippen LogP contribution >= 0.6 is 0 Å². The Labute approximate surface area is 71.8 Å². The Morgan fingerprint density at radius 3 is 2.42 bits per heavy atom. The molecule has 0 saturated heterocycles. The van der Waals surface area contributed by atoms with Crippen LogP contribution in [0.3, 0.4) is 0 Å². The van der Waals surface area contributed by atoms with Crippen molar-refractivity contribution in [1.82, 2.24) is 5.32 Å². The third kappa shape index (κ3) is 2.84. The summed E-state index contributed by atoms with van der Waals surface area (Å²) >= 11 is 0. The van der Waals surface area contributed by atoms with E-state index in [1.54, 1.807) is 13.8 Å². The van der Waals surface area contributed by atoms with Gasteiger partial charge in [0.05, 0.1) is 12.1 Å². The van der Waals surface area contributed by atoms with E-state index in [1.807, 2.05) is 0 Å². The minimum absolute atomic E-state index is 0.117. The summed E-state index contributed by atoms with van der Waals surface area (Å²) in [6.45, 7) is 6.41. The van der Waals surface area contributed by atoms with Crippen LogP contribution in [0, 0.1) is 0 Å². The number of nitrogens with one attached hydrogen (secondary N) is 1. The molecule has 0 aromatic heterocycles. The molecular weight excluding hydrogens is 156 g/mol. The number of carbonyl (C=O) groups is 2. The van der Waals surface area contributed by atoms with Gasteiger partial charge in [-0.1, -0.05) is 6.58 Å². The summed E-state index contributed by atoms with van der Waals surface area (Å²) in [7, 11) is 0. The van der Waals surface area contributed by atoms with Crippen LogP contribution in [-0.2, 0) is 9.59 Å². The van der Waals surface area contributed by atoms with Gasteiger partial charge in [0.15, 0.2) is 5.78 Å². The molecule has 0 spiro atoms. The molecule has 0 aliphatic rings. The largest absolute Gasteiger partial charge is 0.343 e. The molecule has 0 heterocycles. The lowest BCUT2D eigenvalue weighted by Gasteiger charge is -2.22. The number of rotatable bonds is 4. The minimum atomic E-state index is -0.905. The first kappa shape index (κ1) is 10.8. The average molecular weight is 170 g/mol. The zero-order chi connectivity index (χ0) is 9.78. The predicted octanol–water partition coefficient (Wildman–Crippen LogP) is -0.405. The van der Waals surface area contributed by atoms with Crippen LogP contribution in [0.5, 0.6) is 0 Å². The van der Waals surface area contributed by atoms with Crippen LogP contribution in [0.15, 0.2) is 12.7 Å². The molecule has 12 heavy (non-hydrogen) atoms. The molecule has 0 saturated carbocycles. The van der Waals surface area contributed by atoms with Crippen molar-refractivity contribution in [2.24, 2.45) is 5.73 Å². The molecule has 0 aliphatic carbocycles. The summed E-state index contributed by atoms with van der Waals surface area (Å²) in [4.78, 5) is 21.9. The Bertz CT molecular complexity index is 209. The lowest BCUT2D eigenvalue weighted by Crippen LogP contribution is -2.50. The molecule has 4 nitrogen and oxygen atoms in total. The van der Waals surface area contributed by atoms with E-state index in [1.165, 1.54) is 6.08 Å². The first-order valence-corrected chi connectivity index (χ1v) is 3.62. The van der Waals surface area contributed by atoms with E-state index in [0.717, 1.165) is 0 Å². The second kappa shape index (κ2) is 4.01. The van der Waals surface area contributed by atoms with Crippen molar-refractivity contribution in [2.75, 3.05) is 6.54 Å². The van der Waals surface area contributed by atoms with Crippen molar-refractivity contribution in [3.05, 3.63) is 12.7 Å². The normalized spacial score (nSPS) is 10.6. The second-order valence-electron chi connectivity index (χ2n) is 2.95. The maximum absolute atomic E-state index is 11.1. The van der Waals surface area contributed by atoms with Gasteiger partial charge < -0.3 is 11.1 Å². The molecule has 0 unspecified atom stereocenters. The topological polar surface area (TPSA) is 72.2 Å². The Morgan fingerprint density at radius 2 is 2.08 bits per heavy atom. The van der Waals surface area contributed by atoms with Gasteiger partial charge in [0, 0.05) is 0 Å². The van der Waals surface area contributed by atoms with Gasteiger partial charge in [-0.3, -0.25) is 9.59 Å². The SMILES string of the molecule is C=CC(=O)C(C)(C)NC(=O)CN. The number of hydrogen-bond acceptors (Lipinski definition) is 3. The van der Waals surface area contributed by atoms with E-state index in [-0.39, 0.29) is 18.2 Å². The van der Waals surface area contributed by atoms with Crippen molar-refractivity contribution in [3.8, 4) is 0 Å². The fourth-order valence-electron chi connectivity index (χ4n) is 0.716. The van der Waals surface area contributed by atoms with Crippen molar-refractivity contribution >= 4 is 11.7 Å². The second-order valence-corrected chi connectivity index (χ2v) is 2.95. The fraction of sp³-hybridized carbons (Fsp3) is 0.500. The molecule has 0 aliphatic heterocycles. The van der Waals surface area contributed by atoms with Crippen molar-refractivity contribution in [1.29, 1.82) is 0 Å². The Kier molecular flexibility index (Phi) is 3.63. The van der Waals surface area contributed by atoms with E-state index in [2.05, 4.69) is 11.9 Å². The molecule has 0 radical (unpaired) electrons. The van der Waals surface area contributed by atoms with E-state index in [4.69, 9.17) is 5.73 Å². The third-order valence-corrected chi connectivity index (χ3v) is 1.44. The fourth-order valence-corrected chi connectivity index (χ4v) is 0.716. The molecule has 4 heteroatoms. The van der Waals surface area contributed by atoms with Gasteiger partial charge in [-0.15, -0.1) is 0 Å². The first-order valence-electron chi connectivity index (χ1n) is 3.62. The van der Waals surface area contributed by atoms with E-state index in [9.17, 15) is 9.59 Å². The molecule has 0 bridgehead atoms. The minimum Gasteiger partial charge on any atom is -0.343 e. The molecule has 0 fully saturated rings. The number of ketones is 1. The zero-order valence-corrected chi connectivity index (χ0v) is 7.39. The lowest BCUT2D eigenvalue weighted by atomic mass is 9.99. The molecule has 0 atom stereocenters. The summed E-state index contributed by atoms with van der Waals surface area (Å²) in [5, 5.41) is 2.47. The highest BCUT2D eigenvalue weighted by Gasteiger charge is 2.25. The highest BCUT2D eigenvalue weighted by Crippen LogP contribution is 2.03. The van der Waals surface area contributed by atoms with Crippen LogP contribution in [-0.4, -0.2) is 23.8 Å². The van der Waals surface area contributed by atoms with Crippen LogP contribution in [0.25, 0.3) is 0 Å². The predicted molar refractivity (Wildman–Crippen MR) is 46.5 cm³/mol. The van der Waals surface area contributed by atoms with E-state index < -0.39 is 5.54 Å². The number of carbonyl (C=O) groups excluding carboxylic acids is 2. The molecule has 0 aromatic rings. The molecule has 1 amide bonds. The zero-order valence-electron chi connectivity index (χ0n) is 7.39. The Hall–Kier alpha value is -1.16. The summed E-state index contributed by atoms with van der Waals surface area (Å²) in [6.07, 6.45) is 1.18. The Balaban J connectivity index is 4.31. The van der Waals surface area contributed by atoms with Crippen molar-refractivity contribution < 1.29 is 9.59 Å². The maximum Gasteiger partial charge on any atom is 0.234 e. The molecule has 0 aromatic carbocycles. The average Bonchev–Trinajstić information content (AvgIpc) is 2.02. The standard InChI is InChI=1S/C8H14N2O2/c1-4-6(11)8(2,3)10-7(12)5-9/h4H,1,5,9H2,2-3H3,(H,10,12). The van der Waals surface area contributed by atoms with Crippen molar-refractivity contribution in [2.45, 2.75) is 19.4 Å². The molecule has 3 N–H and O–H groups in total. The summed E-state index contributed by atoms with van der Waals surface area (Å²) in [5.41, 5.74) is 4.17. The summed E-state index contributed by atoms with van der Waals surface area (Å²) < 4.78 is 0. The van der Waals surface area contributed by atoms with Gasteiger partial charge in [-0.25, -0.2) is 0 Å². The van der Waals surface area contributed by atoms with Gasteiger partial charge in [0.2, 0.25) is 5.91 Å². The van der Waals surface area contributed by atoms with Crippen LogP contribution in [0.1, 0.15) is 13.8 Å². The molecular formula is C8H14N2O2. The first-order chi connectivity index (χ1) is 5.44. The van der Waals surface area contributed by atoms with Crippen LogP contribution < -0.4 is 11.1 Å². The quantitative estimate of drug-likeness (QED) is 0.564. The third-order valence-electron chi connectivity index (χ3n) is 1.44. The van der Waals surface area contributed by atoms with E-state index >= 15 is 0 Å². The van der Waals surface area contributed by atoms with Gasteiger partial charge in [0.25, 0.3) is 0 Å². The highest BCUT2D eigenvalue weighted by molar-refractivity contribution is 5.99. The maximum atomic E-state index is 11.1. The van der Waals surface area contributed by atoms with Gasteiger partial charge in [-0.05, 0) is 19.9 Å².